The third-order valence-corrected chi connectivity index (χ3v) is 8.40. The third-order valence-electron chi connectivity index (χ3n) is 8.40. The SMILES string of the molecule is C=CC1CCC(/C=C/C2CCC(C3CCC(CCCCC)CC3)CC2)CC1. The molecule has 0 nitrogen and oxygen atoms in total. The predicted octanol–water partition coefficient (Wildman–Crippen LogP) is 8.73. The summed E-state index contributed by atoms with van der Waals surface area (Å²) in [6, 6.07) is 0. The highest BCUT2D eigenvalue weighted by atomic mass is 14.4. The van der Waals surface area contributed by atoms with Crippen LogP contribution in [0.1, 0.15) is 110 Å². The van der Waals surface area contributed by atoms with Gasteiger partial charge in [-0.2, -0.15) is 0 Å². The van der Waals surface area contributed by atoms with E-state index in [2.05, 4.69) is 31.7 Å². The zero-order valence-corrected chi connectivity index (χ0v) is 18.2. The molecule has 3 rings (SSSR count). The number of allylic oxidation sites excluding steroid dienone is 3. The quantitative estimate of drug-likeness (QED) is 0.296. The molecule has 3 saturated carbocycles. The molecule has 3 fully saturated rings. The van der Waals surface area contributed by atoms with Crippen molar-refractivity contribution in [3.05, 3.63) is 24.8 Å². The predicted molar refractivity (Wildman–Crippen MR) is 120 cm³/mol. The Morgan fingerprint density at radius 3 is 1.63 bits per heavy atom. The van der Waals surface area contributed by atoms with Crippen LogP contribution in [0.3, 0.4) is 0 Å². The summed E-state index contributed by atoms with van der Waals surface area (Å²) in [4.78, 5) is 0. The molecule has 0 heteroatoms. The molecule has 0 aromatic carbocycles. The van der Waals surface area contributed by atoms with E-state index in [1.54, 1.807) is 25.7 Å². The van der Waals surface area contributed by atoms with E-state index >= 15 is 0 Å². The average Bonchev–Trinajstić information content (AvgIpc) is 2.74. The lowest BCUT2D eigenvalue weighted by atomic mass is 9.68. The lowest BCUT2D eigenvalue weighted by Crippen LogP contribution is -2.25. The Morgan fingerprint density at radius 1 is 0.630 bits per heavy atom. The summed E-state index contributed by atoms with van der Waals surface area (Å²) in [5.74, 6) is 5.77. The van der Waals surface area contributed by atoms with Gasteiger partial charge in [0.1, 0.15) is 0 Å². The van der Waals surface area contributed by atoms with Crippen LogP contribution in [0.25, 0.3) is 0 Å². The second-order valence-electron chi connectivity index (χ2n) is 10.2. The molecule has 3 aliphatic carbocycles. The minimum atomic E-state index is 0.798. The summed E-state index contributed by atoms with van der Waals surface area (Å²) in [5, 5.41) is 0. The Morgan fingerprint density at radius 2 is 1.11 bits per heavy atom. The average molecular weight is 371 g/mol. The van der Waals surface area contributed by atoms with Crippen molar-refractivity contribution in [1.82, 2.24) is 0 Å². The van der Waals surface area contributed by atoms with E-state index in [0.29, 0.717) is 0 Å². The van der Waals surface area contributed by atoms with Crippen LogP contribution in [0, 0.1) is 35.5 Å². The summed E-state index contributed by atoms with van der Waals surface area (Å²) in [7, 11) is 0. The molecule has 0 amide bonds. The van der Waals surface area contributed by atoms with Crippen LogP contribution >= 0.6 is 0 Å². The monoisotopic (exact) mass is 370 g/mol. The molecular weight excluding hydrogens is 324 g/mol. The topological polar surface area (TPSA) is 0 Å². The first-order valence-electron chi connectivity index (χ1n) is 12.6. The summed E-state index contributed by atoms with van der Waals surface area (Å²) in [6.45, 7) is 6.31. The van der Waals surface area contributed by atoms with Gasteiger partial charge in [-0.25, -0.2) is 0 Å². The zero-order valence-electron chi connectivity index (χ0n) is 18.2. The van der Waals surface area contributed by atoms with E-state index in [9.17, 15) is 0 Å². The van der Waals surface area contributed by atoms with Crippen molar-refractivity contribution in [3.63, 3.8) is 0 Å². The molecule has 0 N–H and O–H groups in total. The van der Waals surface area contributed by atoms with Crippen LogP contribution in [0.15, 0.2) is 24.8 Å². The van der Waals surface area contributed by atoms with Crippen LogP contribution in [-0.2, 0) is 0 Å². The maximum absolute atomic E-state index is 3.98. The van der Waals surface area contributed by atoms with E-state index in [-0.39, 0.29) is 0 Å². The molecule has 0 unspecified atom stereocenters. The van der Waals surface area contributed by atoms with Gasteiger partial charge in [0.15, 0.2) is 0 Å². The zero-order chi connectivity index (χ0) is 18.9. The minimum absolute atomic E-state index is 0.798. The molecule has 0 aromatic heterocycles. The van der Waals surface area contributed by atoms with Crippen molar-refractivity contribution < 1.29 is 0 Å². The van der Waals surface area contributed by atoms with Crippen LogP contribution in [0.2, 0.25) is 0 Å². The second-order valence-corrected chi connectivity index (χ2v) is 10.2. The van der Waals surface area contributed by atoms with Crippen molar-refractivity contribution in [2.75, 3.05) is 0 Å². The van der Waals surface area contributed by atoms with Crippen molar-refractivity contribution in [3.8, 4) is 0 Å². The fourth-order valence-corrected chi connectivity index (χ4v) is 6.33. The lowest BCUT2D eigenvalue weighted by molar-refractivity contribution is 0.151. The maximum Gasteiger partial charge on any atom is -0.0233 e. The Bertz CT molecular complexity index is 423. The molecule has 0 atom stereocenters. The van der Waals surface area contributed by atoms with Gasteiger partial charge in [0.05, 0.1) is 0 Å². The van der Waals surface area contributed by atoms with Gasteiger partial charge in [0.25, 0.3) is 0 Å². The first-order chi connectivity index (χ1) is 13.3. The molecule has 0 heterocycles. The summed E-state index contributed by atoms with van der Waals surface area (Å²) < 4.78 is 0. The van der Waals surface area contributed by atoms with Crippen LogP contribution in [-0.4, -0.2) is 0 Å². The Kier molecular flexibility index (Phi) is 9.01. The summed E-state index contributed by atoms with van der Waals surface area (Å²) >= 11 is 0. The van der Waals surface area contributed by atoms with Gasteiger partial charge < -0.3 is 0 Å². The van der Waals surface area contributed by atoms with Crippen molar-refractivity contribution in [2.24, 2.45) is 35.5 Å². The smallest absolute Gasteiger partial charge is 0.0233 e. The van der Waals surface area contributed by atoms with E-state index < -0.39 is 0 Å². The van der Waals surface area contributed by atoms with Gasteiger partial charge >= 0.3 is 0 Å². The largest absolute Gasteiger partial charge is 0.103 e. The number of hydrogen-bond donors (Lipinski definition) is 0. The highest BCUT2D eigenvalue weighted by molar-refractivity contribution is 4.98. The molecule has 27 heavy (non-hydrogen) atoms. The number of rotatable bonds is 8. The molecule has 0 aliphatic heterocycles. The molecule has 0 bridgehead atoms. The molecule has 0 aromatic rings. The van der Waals surface area contributed by atoms with Crippen molar-refractivity contribution in [2.45, 2.75) is 110 Å². The Labute approximate surface area is 170 Å². The van der Waals surface area contributed by atoms with Crippen LogP contribution in [0.4, 0.5) is 0 Å². The highest BCUT2D eigenvalue weighted by Gasteiger charge is 2.30. The normalized spacial score (nSPS) is 38.1. The fourth-order valence-electron chi connectivity index (χ4n) is 6.33. The molecule has 154 valence electrons. The third kappa shape index (κ3) is 6.79. The molecular formula is C27H46. The Balaban J connectivity index is 1.31. The van der Waals surface area contributed by atoms with Crippen molar-refractivity contribution in [1.29, 1.82) is 0 Å². The molecule has 0 saturated heterocycles. The second kappa shape index (κ2) is 11.5. The summed E-state index contributed by atoms with van der Waals surface area (Å²) in [5.41, 5.74) is 0. The van der Waals surface area contributed by atoms with E-state index in [0.717, 1.165) is 35.5 Å². The van der Waals surface area contributed by atoms with Crippen LogP contribution < -0.4 is 0 Å². The lowest BCUT2D eigenvalue weighted by Gasteiger charge is -2.37. The van der Waals surface area contributed by atoms with Gasteiger partial charge in [-0.15, -0.1) is 6.58 Å². The Hall–Kier alpha value is -0.520. The fraction of sp³-hybridized carbons (Fsp3) is 0.852. The van der Waals surface area contributed by atoms with E-state index in [4.69, 9.17) is 0 Å². The maximum atomic E-state index is 3.98. The first kappa shape index (κ1) is 21.2. The highest BCUT2D eigenvalue weighted by Crippen LogP contribution is 2.42. The summed E-state index contributed by atoms with van der Waals surface area (Å²) in [6.07, 6.45) is 30.9. The van der Waals surface area contributed by atoms with Crippen LogP contribution in [0.5, 0.6) is 0 Å². The van der Waals surface area contributed by atoms with Gasteiger partial charge in [-0.1, -0.05) is 63.7 Å². The minimum Gasteiger partial charge on any atom is -0.103 e. The molecule has 0 radical (unpaired) electrons. The standard InChI is InChI=1S/C27H46/c1-3-5-6-7-23-14-18-26(19-15-23)27-20-16-25(17-21-27)13-12-24-10-8-22(4-2)9-11-24/h4,12-13,22-27H,2-3,5-11,14-21H2,1H3/b13-12+. The van der Waals surface area contributed by atoms with Gasteiger partial charge in [0, 0.05) is 0 Å². The number of hydrogen-bond acceptors (Lipinski definition) is 0. The van der Waals surface area contributed by atoms with Gasteiger partial charge in [0.2, 0.25) is 0 Å². The van der Waals surface area contributed by atoms with E-state index in [1.807, 2.05) is 0 Å². The molecule has 3 aliphatic rings. The first-order valence-corrected chi connectivity index (χ1v) is 12.6. The van der Waals surface area contributed by atoms with E-state index in [1.165, 1.54) is 77.0 Å². The molecule has 0 spiro atoms. The van der Waals surface area contributed by atoms with Gasteiger partial charge in [-0.05, 0) is 99.7 Å². The van der Waals surface area contributed by atoms with Crippen molar-refractivity contribution >= 4 is 0 Å². The number of unbranched alkanes of at least 4 members (excludes halogenated alkanes) is 2. The van der Waals surface area contributed by atoms with Gasteiger partial charge in [-0.3, -0.25) is 0 Å².